The van der Waals surface area contributed by atoms with E-state index in [9.17, 15) is 20.4 Å². The number of aliphatic hydroxyl groups is 4. The van der Waals surface area contributed by atoms with Gasteiger partial charge >= 0.3 is 5.12 Å². The molecule has 0 amide bonds. The summed E-state index contributed by atoms with van der Waals surface area (Å²) in [4.78, 5) is 5.32. The van der Waals surface area contributed by atoms with E-state index in [1.54, 1.807) is 0 Å². The third kappa shape index (κ3) is 2.71. The molecule has 4 rings (SSSR count). The summed E-state index contributed by atoms with van der Waals surface area (Å²) in [6.07, 6.45) is -5.56. The lowest BCUT2D eigenvalue weighted by Crippen LogP contribution is -2.63. The average molecular weight is 363 g/mol. The standard InChI is InChI=1S/C17H17NO6S/c19-8-12-13(20)14(21)15(22)17(23-12)24-18-16(25-17)11-6-5-9-3-1-2-4-10(9)7-11/h1-7,12-15,19-22H,8H2/t12-,13+,14+,15-,17+/m1/s1. The Bertz CT molecular complexity index is 828. The van der Waals surface area contributed by atoms with Gasteiger partial charge < -0.3 is 30.0 Å². The number of benzene rings is 2. The van der Waals surface area contributed by atoms with Gasteiger partial charge in [0.05, 0.1) is 6.61 Å². The van der Waals surface area contributed by atoms with Gasteiger partial charge in [-0.25, -0.2) is 0 Å². The van der Waals surface area contributed by atoms with Crippen molar-refractivity contribution in [2.75, 3.05) is 6.61 Å². The van der Waals surface area contributed by atoms with Crippen LogP contribution in [0.15, 0.2) is 47.6 Å². The summed E-state index contributed by atoms with van der Waals surface area (Å²) in [6, 6.07) is 13.6. The zero-order valence-corrected chi connectivity index (χ0v) is 13.8. The summed E-state index contributed by atoms with van der Waals surface area (Å²) in [5.41, 5.74) is 0.775. The Morgan fingerprint density at radius 3 is 2.56 bits per heavy atom. The Morgan fingerprint density at radius 1 is 1.04 bits per heavy atom. The fourth-order valence-corrected chi connectivity index (χ4v) is 4.08. The Balaban J connectivity index is 1.62. The van der Waals surface area contributed by atoms with Crippen LogP contribution in [0.3, 0.4) is 0 Å². The monoisotopic (exact) mass is 363 g/mol. The fourth-order valence-electron chi connectivity index (χ4n) is 2.98. The Labute approximate surface area is 147 Å². The van der Waals surface area contributed by atoms with Crippen LogP contribution in [0.1, 0.15) is 5.56 Å². The predicted molar refractivity (Wildman–Crippen MR) is 91.9 cm³/mol. The molecule has 1 spiro atoms. The molecule has 132 valence electrons. The van der Waals surface area contributed by atoms with Gasteiger partial charge in [0, 0.05) is 5.56 Å². The highest BCUT2D eigenvalue weighted by molar-refractivity contribution is 8.15. The summed E-state index contributed by atoms with van der Waals surface area (Å²) < 4.78 is 5.53. The van der Waals surface area contributed by atoms with Gasteiger partial charge in [-0.2, -0.15) is 0 Å². The zero-order valence-electron chi connectivity index (χ0n) is 13.0. The van der Waals surface area contributed by atoms with E-state index in [-0.39, 0.29) is 0 Å². The second kappa shape index (κ2) is 6.24. The Kier molecular flexibility index (Phi) is 4.19. The molecule has 2 heterocycles. The van der Waals surface area contributed by atoms with E-state index in [1.807, 2.05) is 42.5 Å². The molecule has 7 nitrogen and oxygen atoms in total. The second-order valence-corrected chi connectivity index (χ2v) is 7.18. The minimum absolute atomic E-state index is 0.477. The van der Waals surface area contributed by atoms with Gasteiger partial charge in [0.2, 0.25) is 0 Å². The van der Waals surface area contributed by atoms with Crippen molar-refractivity contribution in [3.63, 3.8) is 0 Å². The first kappa shape index (κ1) is 16.8. The van der Waals surface area contributed by atoms with Gasteiger partial charge in [0.15, 0.2) is 6.10 Å². The molecule has 4 N–H and O–H groups in total. The molecule has 1 fully saturated rings. The maximum absolute atomic E-state index is 10.3. The van der Waals surface area contributed by atoms with Gasteiger partial charge in [0.1, 0.15) is 23.4 Å². The maximum Gasteiger partial charge on any atom is 0.320 e. The zero-order chi connectivity index (χ0) is 17.6. The van der Waals surface area contributed by atoms with Crippen molar-refractivity contribution in [3.8, 4) is 0 Å². The van der Waals surface area contributed by atoms with Crippen LogP contribution in [0.5, 0.6) is 0 Å². The lowest BCUT2D eigenvalue weighted by Gasteiger charge is -2.43. The van der Waals surface area contributed by atoms with E-state index < -0.39 is 36.1 Å². The van der Waals surface area contributed by atoms with Crippen molar-refractivity contribution >= 4 is 27.6 Å². The van der Waals surface area contributed by atoms with Crippen LogP contribution in [0.25, 0.3) is 10.8 Å². The molecule has 2 aliphatic rings. The highest BCUT2D eigenvalue weighted by Gasteiger charge is 2.59. The SMILES string of the molecule is OC[C@H]1O[C@]2(ON=C(c3ccc4ccccc4c3)S2)[C@H](O)[C@@H](O)[C@H]1O. The van der Waals surface area contributed by atoms with Crippen LogP contribution >= 0.6 is 11.8 Å². The van der Waals surface area contributed by atoms with Crippen molar-refractivity contribution in [1.82, 2.24) is 0 Å². The molecule has 25 heavy (non-hydrogen) atoms. The van der Waals surface area contributed by atoms with Crippen molar-refractivity contribution in [1.29, 1.82) is 0 Å². The minimum Gasteiger partial charge on any atom is -0.394 e. The van der Waals surface area contributed by atoms with Crippen LogP contribution < -0.4 is 0 Å². The highest BCUT2D eigenvalue weighted by Crippen LogP contribution is 2.45. The van der Waals surface area contributed by atoms with Gasteiger partial charge in [-0.05, 0) is 28.6 Å². The van der Waals surface area contributed by atoms with Crippen LogP contribution in [0, 0.1) is 0 Å². The number of rotatable bonds is 2. The number of ether oxygens (including phenoxy) is 1. The fraction of sp³-hybridized carbons (Fsp3) is 0.353. The van der Waals surface area contributed by atoms with E-state index in [4.69, 9.17) is 9.57 Å². The first-order valence-corrected chi connectivity index (χ1v) is 8.63. The highest BCUT2D eigenvalue weighted by atomic mass is 32.2. The molecule has 1 saturated heterocycles. The first-order chi connectivity index (χ1) is 12.0. The molecule has 2 aliphatic heterocycles. The smallest absolute Gasteiger partial charge is 0.320 e. The van der Waals surface area contributed by atoms with E-state index in [1.165, 1.54) is 0 Å². The number of oxime groups is 1. The molecular weight excluding hydrogens is 346 g/mol. The summed E-state index contributed by atoms with van der Waals surface area (Å²) in [7, 11) is 0. The van der Waals surface area contributed by atoms with E-state index in [0.29, 0.717) is 5.04 Å². The van der Waals surface area contributed by atoms with Crippen LogP contribution in [-0.2, 0) is 9.57 Å². The van der Waals surface area contributed by atoms with Crippen molar-refractivity contribution in [3.05, 3.63) is 48.0 Å². The Morgan fingerprint density at radius 2 is 1.80 bits per heavy atom. The largest absolute Gasteiger partial charge is 0.394 e. The van der Waals surface area contributed by atoms with E-state index >= 15 is 0 Å². The molecule has 0 aromatic heterocycles. The summed E-state index contributed by atoms with van der Waals surface area (Å²) in [5.74, 6) is 0. The van der Waals surface area contributed by atoms with Gasteiger partial charge in [0.25, 0.3) is 0 Å². The number of thioether (sulfide) groups is 1. The van der Waals surface area contributed by atoms with Crippen LogP contribution in [0.4, 0.5) is 0 Å². The minimum atomic E-state index is -1.70. The van der Waals surface area contributed by atoms with Crippen molar-refractivity contribution in [2.45, 2.75) is 29.5 Å². The number of nitrogens with zero attached hydrogens (tertiary/aromatic N) is 1. The van der Waals surface area contributed by atoms with Crippen molar-refractivity contribution in [2.24, 2.45) is 5.16 Å². The van der Waals surface area contributed by atoms with Gasteiger partial charge in [-0.15, -0.1) is 0 Å². The lowest BCUT2D eigenvalue weighted by molar-refractivity contribution is -0.318. The number of hydrogen-bond acceptors (Lipinski definition) is 8. The van der Waals surface area contributed by atoms with Crippen molar-refractivity contribution < 1.29 is 30.0 Å². The van der Waals surface area contributed by atoms with Crippen LogP contribution in [-0.4, -0.2) is 61.6 Å². The summed E-state index contributed by atoms with van der Waals surface area (Å²) in [5, 5.41) is 44.4. The molecule has 0 aliphatic carbocycles. The first-order valence-electron chi connectivity index (χ1n) is 7.81. The lowest BCUT2D eigenvalue weighted by atomic mass is 9.99. The summed E-state index contributed by atoms with van der Waals surface area (Å²) >= 11 is 1.00. The molecule has 2 aromatic rings. The molecule has 0 unspecified atom stereocenters. The molecule has 5 atom stereocenters. The quantitative estimate of drug-likeness (QED) is 0.611. The third-order valence-electron chi connectivity index (χ3n) is 4.40. The molecule has 0 saturated carbocycles. The predicted octanol–water partition coefficient (Wildman–Crippen LogP) is 0.392. The topological polar surface area (TPSA) is 112 Å². The van der Waals surface area contributed by atoms with Crippen LogP contribution in [0.2, 0.25) is 0 Å². The van der Waals surface area contributed by atoms with E-state index in [2.05, 4.69) is 5.16 Å². The number of fused-ring (bicyclic) bond motifs is 1. The third-order valence-corrected chi connectivity index (χ3v) is 5.60. The molecule has 0 bridgehead atoms. The molecular formula is C17H17NO6S. The number of aliphatic hydroxyl groups excluding tert-OH is 4. The van der Waals surface area contributed by atoms with Gasteiger partial charge in [-0.1, -0.05) is 41.6 Å². The summed E-state index contributed by atoms with van der Waals surface area (Å²) in [6.45, 7) is -0.526. The molecule has 0 radical (unpaired) electrons. The van der Waals surface area contributed by atoms with Gasteiger partial charge in [-0.3, -0.25) is 0 Å². The normalized spacial score (nSPS) is 35.0. The Hall–Kier alpha value is -1.68. The average Bonchev–Trinajstić information content (AvgIpc) is 3.08. The second-order valence-electron chi connectivity index (χ2n) is 6.02. The number of hydrogen-bond donors (Lipinski definition) is 4. The van der Waals surface area contributed by atoms with E-state index in [0.717, 1.165) is 28.1 Å². The maximum atomic E-state index is 10.3. The molecule has 8 heteroatoms. The molecule has 2 aromatic carbocycles.